The van der Waals surface area contributed by atoms with E-state index in [1.54, 1.807) is 0 Å². The summed E-state index contributed by atoms with van der Waals surface area (Å²) in [7, 11) is 0. The average Bonchev–Trinajstić information content (AvgIpc) is 2.46. The Morgan fingerprint density at radius 1 is 1.10 bits per heavy atom. The zero-order chi connectivity index (χ0) is 14.6. The fourth-order valence-corrected chi connectivity index (χ4v) is 2.85. The molecule has 2 atom stereocenters. The highest BCUT2D eigenvalue weighted by Crippen LogP contribution is 2.20. The smallest absolute Gasteiger partial charge is 0.407 e. The van der Waals surface area contributed by atoms with E-state index in [1.807, 2.05) is 20.8 Å². The van der Waals surface area contributed by atoms with Gasteiger partial charge in [0.1, 0.15) is 5.60 Å². The van der Waals surface area contributed by atoms with Crippen molar-refractivity contribution in [1.29, 1.82) is 0 Å². The Balaban J connectivity index is 1.88. The maximum atomic E-state index is 12.0. The molecule has 2 fully saturated rings. The van der Waals surface area contributed by atoms with Crippen molar-refractivity contribution >= 4 is 6.09 Å². The van der Waals surface area contributed by atoms with E-state index in [0.717, 1.165) is 25.9 Å². The van der Waals surface area contributed by atoms with Gasteiger partial charge in [-0.1, -0.05) is 19.3 Å². The van der Waals surface area contributed by atoms with Crippen molar-refractivity contribution in [2.24, 2.45) is 0 Å². The zero-order valence-electron chi connectivity index (χ0n) is 13.0. The van der Waals surface area contributed by atoms with Gasteiger partial charge >= 0.3 is 6.09 Å². The molecule has 0 spiro atoms. The first-order chi connectivity index (χ1) is 9.44. The third kappa shape index (κ3) is 4.94. The van der Waals surface area contributed by atoms with Crippen LogP contribution in [-0.4, -0.2) is 42.9 Å². The number of nitrogens with one attached hydrogen (secondary N) is 3. The lowest BCUT2D eigenvalue weighted by atomic mass is 10.0. The molecule has 1 heterocycles. The molecule has 1 saturated heterocycles. The lowest BCUT2D eigenvalue weighted by molar-refractivity contribution is 0.0486. The lowest BCUT2D eigenvalue weighted by Crippen LogP contribution is -2.62. The predicted octanol–water partition coefficient (Wildman–Crippen LogP) is 1.77. The fraction of sp³-hybridized carbons (Fsp3) is 0.933. The number of amides is 1. The monoisotopic (exact) mass is 283 g/mol. The minimum atomic E-state index is -0.435. The molecule has 1 saturated carbocycles. The topological polar surface area (TPSA) is 62.4 Å². The summed E-state index contributed by atoms with van der Waals surface area (Å²) >= 11 is 0. The molecule has 0 aromatic carbocycles. The average molecular weight is 283 g/mol. The van der Waals surface area contributed by atoms with Crippen molar-refractivity contribution in [2.75, 3.05) is 13.1 Å². The lowest BCUT2D eigenvalue weighted by Gasteiger charge is -2.36. The summed E-state index contributed by atoms with van der Waals surface area (Å²) in [6.07, 6.45) is 5.57. The molecule has 1 amide bonds. The molecule has 2 aliphatic rings. The summed E-state index contributed by atoms with van der Waals surface area (Å²) in [6, 6.07) is 1.12. The number of hydrogen-bond donors (Lipinski definition) is 3. The van der Waals surface area contributed by atoms with E-state index < -0.39 is 5.60 Å². The van der Waals surface area contributed by atoms with Gasteiger partial charge in [-0.25, -0.2) is 4.79 Å². The van der Waals surface area contributed by atoms with Crippen LogP contribution >= 0.6 is 0 Å². The van der Waals surface area contributed by atoms with Gasteiger partial charge in [0, 0.05) is 31.2 Å². The molecule has 3 N–H and O–H groups in total. The molecule has 1 aliphatic carbocycles. The predicted molar refractivity (Wildman–Crippen MR) is 79.8 cm³/mol. The van der Waals surface area contributed by atoms with E-state index in [-0.39, 0.29) is 12.1 Å². The first-order valence-electron chi connectivity index (χ1n) is 7.90. The van der Waals surface area contributed by atoms with E-state index in [1.165, 1.54) is 19.3 Å². The van der Waals surface area contributed by atoms with Crippen LogP contribution in [0.25, 0.3) is 0 Å². The van der Waals surface area contributed by atoms with E-state index in [9.17, 15) is 4.79 Å². The largest absolute Gasteiger partial charge is 0.444 e. The second-order valence-corrected chi connectivity index (χ2v) is 7.02. The molecule has 0 aromatic rings. The highest BCUT2D eigenvalue weighted by Gasteiger charge is 2.30. The van der Waals surface area contributed by atoms with Crippen LogP contribution < -0.4 is 16.0 Å². The number of rotatable bonds is 3. The van der Waals surface area contributed by atoms with Crippen LogP contribution in [0.15, 0.2) is 0 Å². The summed E-state index contributed by atoms with van der Waals surface area (Å²) < 4.78 is 5.38. The second-order valence-electron chi connectivity index (χ2n) is 7.02. The van der Waals surface area contributed by atoms with Crippen LogP contribution in [0.3, 0.4) is 0 Å². The van der Waals surface area contributed by atoms with Gasteiger partial charge in [0.2, 0.25) is 0 Å². The Morgan fingerprint density at radius 2 is 1.75 bits per heavy atom. The molecule has 0 aromatic heterocycles. The summed E-state index contributed by atoms with van der Waals surface area (Å²) in [4.78, 5) is 12.0. The maximum absolute atomic E-state index is 12.0. The van der Waals surface area contributed by atoms with Gasteiger partial charge in [0.05, 0.1) is 0 Å². The highest BCUT2D eigenvalue weighted by molar-refractivity contribution is 5.68. The van der Waals surface area contributed by atoms with Crippen molar-refractivity contribution in [3.8, 4) is 0 Å². The quantitative estimate of drug-likeness (QED) is 0.691. The standard InChI is InChI=1S/C15H29N3O2/c1-15(2,3)20-14(19)18-13-8-6-4-5-7-12(13)17-11-9-16-10-11/h11-13,16-17H,4-10H2,1-3H3,(H,18,19). The molecular weight excluding hydrogens is 254 g/mol. The number of ether oxygens (including phenoxy) is 1. The van der Waals surface area contributed by atoms with Gasteiger partial charge in [-0.05, 0) is 33.6 Å². The number of carbonyl (C=O) groups is 1. The molecule has 0 bridgehead atoms. The van der Waals surface area contributed by atoms with Crippen molar-refractivity contribution < 1.29 is 9.53 Å². The van der Waals surface area contributed by atoms with Crippen LogP contribution in [0.5, 0.6) is 0 Å². The minimum Gasteiger partial charge on any atom is -0.444 e. The highest BCUT2D eigenvalue weighted by atomic mass is 16.6. The Hall–Kier alpha value is -0.810. The summed E-state index contributed by atoms with van der Waals surface area (Å²) in [5.74, 6) is 0. The van der Waals surface area contributed by atoms with Crippen LogP contribution in [0.4, 0.5) is 4.79 Å². The molecule has 116 valence electrons. The van der Waals surface area contributed by atoms with Crippen molar-refractivity contribution in [3.63, 3.8) is 0 Å². The van der Waals surface area contributed by atoms with Gasteiger partial charge in [-0.2, -0.15) is 0 Å². The molecule has 5 heteroatoms. The van der Waals surface area contributed by atoms with Gasteiger partial charge in [0.15, 0.2) is 0 Å². The Morgan fingerprint density at radius 3 is 2.30 bits per heavy atom. The van der Waals surface area contributed by atoms with Crippen molar-refractivity contribution in [2.45, 2.75) is 76.6 Å². The Kier molecular flexibility index (Phi) is 5.27. The Labute approximate surface area is 122 Å². The van der Waals surface area contributed by atoms with E-state index in [4.69, 9.17) is 4.74 Å². The Bertz CT molecular complexity index is 324. The van der Waals surface area contributed by atoms with Crippen LogP contribution in [-0.2, 0) is 4.74 Å². The van der Waals surface area contributed by atoms with Crippen molar-refractivity contribution in [1.82, 2.24) is 16.0 Å². The van der Waals surface area contributed by atoms with Crippen LogP contribution in [0.1, 0.15) is 52.9 Å². The first kappa shape index (κ1) is 15.6. The third-order valence-corrected chi connectivity index (χ3v) is 3.95. The normalized spacial score (nSPS) is 28.4. The van der Waals surface area contributed by atoms with Crippen LogP contribution in [0, 0.1) is 0 Å². The fourth-order valence-electron chi connectivity index (χ4n) is 2.85. The van der Waals surface area contributed by atoms with Gasteiger partial charge in [-0.3, -0.25) is 0 Å². The molecule has 20 heavy (non-hydrogen) atoms. The minimum absolute atomic E-state index is 0.188. The number of carbonyl (C=O) groups excluding carboxylic acids is 1. The summed E-state index contributed by atoms with van der Waals surface area (Å²) in [6.45, 7) is 7.77. The van der Waals surface area contributed by atoms with E-state index in [2.05, 4.69) is 16.0 Å². The van der Waals surface area contributed by atoms with Gasteiger partial charge < -0.3 is 20.7 Å². The maximum Gasteiger partial charge on any atom is 0.407 e. The molecule has 2 rings (SSSR count). The molecule has 5 nitrogen and oxygen atoms in total. The molecule has 2 unspecified atom stereocenters. The summed E-state index contributed by atoms with van der Waals surface area (Å²) in [5, 5.41) is 10.0. The third-order valence-electron chi connectivity index (χ3n) is 3.95. The van der Waals surface area contributed by atoms with Gasteiger partial charge in [-0.15, -0.1) is 0 Å². The number of hydrogen-bond acceptors (Lipinski definition) is 4. The zero-order valence-corrected chi connectivity index (χ0v) is 13.0. The van der Waals surface area contributed by atoms with E-state index >= 15 is 0 Å². The SMILES string of the molecule is CC(C)(C)OC(=O)NC1CCCCCC1NC1CNC1. The van der Waals surface area contributed by atoms with Crippen molar-refractivity contribution in [3.05, 3.63) is 0 Å². The van der Waals surface area contributed by atoms with E-state index in [0.29, 0.717) is 12.1 Å². The summed E-state index contributed by atoms with van der Waals surface area (Å²) in [5.41, 5.74) is -0.435. The number of alkyl carbamates (subject to hydrolysis) is 1. The molecule has 0 radical (unpaired) electrons. The van der Waals surface area contributed by atoms with Crippen LogP contribution in [0.2, 0.25) is 0 Å². The molecule has 1 aliphatic heterocycles. The second kappa shape index (κ2) is 6.76. The first-order valence-corrected chi connectivity index (χ1v) is 7.90. The molecular formula is C15H29N3O2. The van der Waals surface area contributed by atoms with Gasteiger partial charge in [0.25, 0.3) is 0 Å².